The van der Waals surface area contributed by atoms with Crippen LogP contribution in [0.4, 0.5) is 0 Å². The van der Waals surface area contributed by atoms with Crippen molar-refractivity contribution in [2.24, 2.45) is 5.92 Å². The van der Waals surface area contributed by atoms with Gasteiger partial charge in [-0.15, -0.1) is 0 Å². The Morgan fingerprint density at radius 1 is 1.44 bits per heavy atom. The monoisotopic (exact) mass is 244 g/mol. The average molecular weight is 244 g/mol. The topological polar surface area (TPSA) is 52.1 Å². The Labute approximate surface area is 106 Å². The molecule has 0 aromatic carbocycles. The molecule has 1 fully saturated rings. The first-order valence-electron chi connectivity index (χ1n) is 6.30. The van der Waals surface area contributed by atoms with Gasteiger partial charge in [0.25, 0.3) is 5.89 Å². The van der Waals surface area contributed by atoms with Crippen LogP contribution in [0.25, 0.3) is 17.5 Å². The minimum atomic E-state index is 0.592. The first kappa shape index (κ1) is 11.3. The van der Waals surface area contributed by atoms with Gasteiger partial charge in [-0.1, -0.05) is 17.7 Å². The highest BCUT2D eigenvalue weighted by Gasteiger charge is 2.17. The van der Waals surface area contributed by atoms with E-state index in [1.54, 1.807) is 6.26 Å². The lowest BCUT2D eigenvalue weighted by atomic mass is 10.1. The van der Waals surface area contributed by atoms with Crippen molar-refractivity contribution in [1.29, 1.82) is 0 Å². The van der Waals surface area contributed by atoms with Gasteiger partial charge in [-0.25, -0.2) is 0 Å². The second-order valence-electron chi connectivity index (χ2n) is 5.00. The van der Waals surface area contributed by atoms with Gasteiger partial charge in [-0.05, 0) is 38.2 Å². The molecule has 1 saturated carbocycles. The summed E-state index contributed by atoms with van der Waals surface area (Å²) in [4.78, 5) is 4.39. The van der Waals surface area contributed by atoms with Gasteiger partial charge in [0.2, 0.25) is 5.82 Å². The summed E-state index contributed by atoms with van der Waals surface area (Å²) in [5.41, 5.74) is 2.30. The van der Waals surface area contributed by atoms with Gasteiger partial charge < -0.3 is 8.94 Å². The minimum absolute atomic E-state index is 0.592. The van der Waals surface area contributed by atoms with Crippen molar-refractivity contribution in [3.05, 3.63) is 29.6 Å². The van der Waals surface area contributed by atoms with Crippen LogP contribution < -0.4 is 0 Å². The second kappa shape index (κ2) is 4.44. The van der Waals surface area contributed by atoms with Crippen molar-refractivity contribution < 1.29 is 8.94 Å². The number of furan rings is 1. The van der Waals surface area contributed by atoms with Crippen LogP contribution in [-0.2, 0) is 0 Å². The summed E-state index contributed by atoms with van der Waals surface area (Å²) in [6.45, 7) is 4.16. The molecule has 1 aliphatic carbocycles. The van der Waals surface area contributed by atoms with E-state index in [1.807, 2.05) is 19.1 Å². The number of hydrogen-bond acceptors (Lipinski definition) is 4. The summed E-state index contributed by atoms with van der Waals surface area (Å²) in [5, 5.41) is 3.99. The third kappa shape index (κ3) is 2.10. The smallest absolute Gasteiger partial charge is 0.250 e. The summed E-state index contributed by atoms with van der Waals surface area (Å²) in [6, 6.07) is 1.86. The van der Waals surface area contributed by atoms with Crippen molar-refractivity contribution in [3.8, 4) is 11.4 Å². The average Bonchev–Trinajstić information content (AvgIpc) is 3.02. The highest BCUT2D eigenvalue weighted by atomic mass is 16.5. The summed E-state index contributed by atoms with van der Waals surface area (Å²) in [7, 11) is 0. The second-order valence-corrected chi connectivity index (χ2v) is 5.00. The number of hydrogen-bond donors (Lipinski definition) is 0. The zero-order valence-corrected chi connectivity index (χ0v) is 10.6. The van der Waals surface area contributed by atoms with E-state index in [0.29, 0.717) is 11.7 Å². The van der Waals surface area contributed by atoms with Crippen LogP contribution in [0, 0.1) is 12.8 Å². The molecule has 0 spiro atoms. The third-order valence-corrected chi connectivity index (χ3v) is 3.44. The van der Waals surface area contributed by atoms with Crippen LogP contribution in [0.3, 0.4) is 0 Å². The normalized spacial score (nSPS) is 21.9. The maximum absolute atomic E-state index is 5.26. The molecule has 4 heteroatoms. The molecule has 2 aromatic heterocycles. The van der Waals surface area contributed by atoms with Crippen molar-refractivity contribution in [2.75, 3.05) is 0 Å². The van der Waals surface area contributed by atoms with Gasteiger partial charge in [-0.2, -0.15) is 4.98 Å². The predicted molar refractivity (Wildman–Crippen MR) is 67.7 cm³/mol. The third-order valence-electron chi connectivity index (χ3n) is 3.44. The maximum atomic E-state index is 5.26. The number of aryl methyl sites for hydroxylation is 1. The molecule has 3 rings (SSSR count). The number of aromatic nitrogens is 2. The fourth-order valence-corrected chi connectivity index (χ4v) is 2.41. The molecule has 0 radical (unpaired) electrons. The van der Waals surface area contributed by atoms with Gasteiger partial charge in [0.05, 0.1) is 11.8 Å². The summed E-state index contributed by atoms with van der Waals surface area (Å²) < 4.78 is 10.5. The quantitative estimate of drug-likeness (QED) is 0.805. The van der Waals surface area contributed by atoms with Crippen LogP contribution in [0.1, 0.15) is 37.8 Å². The van der Waals surface area contributed by atoms with E-state index in [4.69, 9.17) is 8.94 Å². The molecule has 94 valence electrons. The Bertz CT molecular complexity index is 580. The maximum Gasteiger partial charge on any atom is 0.250 e. The first-order valence-corrected chi connectivity index (χ1v) is 6.30. The SMILES string of the molecule is Cc1occc1-c1noc(/C=C2/CCC(C)C2)n1. The molecule has 1 unspecified atom stereocenters. The molecule has 18 heavy (non-hydrogen) atoms. The van der Waals surface area contributed by atoms with Crippen molar-refractivity contribution in [3.63, 3.8) is 0 Å². The molecule has 1 aliphatic rings. The molecule has 0 N–H and O–H groups in total. The van der Waals surface area contributed by atoms with Gasteiger partial charge in [0.15, 0.2) is 0 Å². The summed E-state index contributed by atoms with van der Waals surface area (Å²) in [6.07, 6.45) is 7.20. The van der Waals surface area contributed by atoms with Gasteiger partial charge >= 0.3 is 0 Å². The van der Waals surface area contributed by atoms with Gasteiger partial charge in [-0.3, -0.25) is 0 Å². The fourth-order valence-electron chi connectivity index (χ4n) is 2.41. The van der Waals surface area contributed by atoms with E-state index in [2.05, 4.69) is 17.1 Å². The number of rotatable bonds is 2. The zero-order chi connectivity index (χ0) is 12.5. The largest absolute Gasteiger partial charge is 0.469 e. The summed E-state index contributed by atoms with van der Waals surface area (Å²) in [5.74, 6) is 2.77. The highest BCUT2D eigenvalue weighted by Crippen LogP contribution is 2.31. The highest BCUT2D eigenvalue weighted by molar-refractivity contribution is 5.58. The van der Waals surface area contributed by atoms with Gasteiger partial charge in [0, 0.05) is 6.08 Å². The van der Waals surface area contributed by atoms with Crippen LogP contribution in [0.15, 0.2) is 26.8 Å². The lowest BCUT2D eigenvalue weighted by Gasteiger charge is -1.94. The Hall–Kier alpha value is -1.84. The molecule has 0 aliphatic heterocycles. The summed E-state index contributed by atoms with van der Waals surface area (Å²) >= 11 is 0. The lowest BCUT2D eigenvalue weighted by Crippen LogP contribution is -1.82. The number of nitrogens with zero attached hydrogens (tertiary/aromatic N) is 2. The molecule has 0 amide bonds. The molecule has 2 aromatic rings. The van der Waals surface area contributed by atoms with E-state index in [1.165, 1.54) is 12.0 Å². The Morgan fingerprint density at radius 2 is 2.33 bits per heavy atom. The molecule has 2 heterocycles. The minimum Gasteiger partial charge on any atom is -0.469 e. The zero-order valence-electron chi connectivity index (χ0n) is 10.6. The van der Waals surface area contributed by atoms with Crippen molar-refractivity contribution >= 4 is 6.08 Å². The van der Waals surface area contributed by atoms with E-state index in [0.717, 1.165) is 30.1 Å². The molecular formula is C14H16N2O2. The Balaban J connectivity index is 1.84. The lowest BCUT2D eigenvalue weighted by molar-refractivity contribution is 0.410. The molecule has 0 bridgehead atoms. The standard InChI is InChI=1S/C14H16N2O2/c1-9-3-4-11(7-9)8-13-15-14(16-18-13)12-5-6-17-10(12)2/h5-6,8-9H,3-4,7H2,1-2H3/b11-8-. The van der Waals surface area contributed by atoms with Crippen molar-refractivity contribution in [1.82, 2.24) is 10.1 Å². The van der Waals surface area contributed by atoms with E-state index in [9.17, 15) is 0 Å². The predicted octanol–water partition coefficient (Wildman–Crippen LogP) is 3.84. The molecular weight excluding hydrogens is 228 g/mol. The van der Waals surface area contributed by atoms with E-state index >= 15 is 0 Å². The molecule has 1 atom stereocenters. The van der Waals surface area contributed by atoms with Crippen LogP contribution in [0.5, 0.6) is 0 Å². The van der Waals surface area contributed by atoms with Crippen LogP contribution in [-0.4, -0.2) is 10.1 Å². The van der Waals surface area contributed by atoms with Gasteiger partial charge in [0.1, 0.15) is 5.76 Å². The Morgan fingerprint density at radius 3 is 3.00 bits per heavy atom. The first-order chi connectivity index (χ1) is 8.72. The van der Waals surface area contributed by atoms with Crippen molar-refractivity contribution in [2.45, 2.75) is 33.1 Å². The molecule has 4 nitrogen and oxygen atoms in total. The van der Waals surface area contributed by atoms with E-state index in [-0.39, 0.29) is 0 Å². The van der Waals surface area contributed by atoms with E-state index < -0.39 is 0 Å². The molecule has 0 saturated heterocycles. The van der Waals surface area contributed by atoms with Crippen LogP contribution >= 0.6 is 0 Å². The Kier molecular flexibility index (Phi) is 2.78. The number of allylic oxidation sites excluding steroid dienone is 1. The van der Waals surface area contributed by atoms with Crippen LogP contribution in [0.2, 0.25) is 0 Å². The fraction of sp³-hybridized carbons (Fsp3) is 0.429.